The van der Waals surface area contributed by atoms with Crippen LogP contribution in [-0.2, 0) is 14.3 Å². The average Bonchev–Trinajstić information content (AvgIpc) is 2.47. The summed E-state index contributed by atoms with van der Waals surface area (Å²) in [5, 5.41) is 8.92. The van der Waals surface area contributed by atoms with Gasteiger partial charge >= 0.3 is 5.97 Å². The minimum atomic E-state index is -0.963. The van der Waals surface area contributed by atoms with E-state index in [0.717, 1.165) is 0 Å². The molecule has 0 radical (unpaired) electrons. The fourth-order valence-electron chi connectivity index (χ4n) is 2.72. The molecule has 0 aromatic heterocycles. The molecule has 2 atom stereocenters. The summed E-state index contributed by atoms with van der Waals surface area (Å²) in [6, 6.07) is 5.94. The first-order valence-electron chi connectivity index (χ1n) is 7.32. The zero-order valence-electron chi connectivity index (χ0n) is 12.5. The SMILES string of the molecule is CC(CC(=O)N1CCOCC1CC(=O)O)c1ccccc1F. The number of benzene rings is 1. The van der Waals surface area contributed by atoms with Crippen LogP contribution in [0, 0.1) is 5.82 Å². The summed E-state index contributed by atoms with van der Waals surface area (Å²) < 4.78 is 19.0. The lowest BCUT2D eigenvalue weighted by molar-refractivity contribution is -0.146. The number of halogens is 1. The van der Waals surface area contributed by atoms with Crippen LogP contribution in [0.3, 0.4) is 0 Å². The molecule has 2 rings (SSSR count). The molecule has 0 saturated carbocycles. The van der Waals surface area contributed by atoms with Gasteiger partial charge in [-0.1, -0.05) is 25.1 Å². The van der Waals surface area contributed by atoms with Crippen molar-refractivity contribution in [1.29, 1.82) is 0 Å². The molecule has 1 saturated heterocycles. The number of hydrogen-bond donors (Lipinski definition) is 1. The summed E-state index contributed by atoms with van der Waals surface area (Å²) in [5.41, 5.74) is 0.499. The van der Waals surface area contributed by atoms with Gasteiger partial charge in [-0.05, 0) is 17.5 Å². The Labute approximate surface area is 128 Å². The van der Waals surface area contributed by atoms with Crippen molar-refractivity contribution in [2.24, 2.45) is 0 Å². The second-order valence-corrected chi connectivity index (χ2v) is 5.54. The fraction of sp³-hybridized carbons (Fsp3) is 0.500. The Kier molecular flexibility index (Phi) is 5.49. The predicted octanol–water partition coefficient (Wildman–Crippen LogP) is 2.02. The Hall–Kier alpha value is -1.95. The summed E-state index contributed by atoms with van der Waals surface area (Å²) in [5.74, 6) is -1.71. The molecule has 1 aliphatic rings. The van der Waals surface area contributed by atoms with Crippen molar-refractivity contribution in [1.82, 2.24) is 4.90 Å². The Morgan fingerprint density at radius 1 is 1.45 bits per heavy atom. The second-order valence-electron chi connectivity index (χ2n) is 5.54. The number of amides is 1. The monoisotopic (exact) mass is 309 g/mol. The first kappa shape index (κ1) is 16.4. The molecule has 1 fully saturated rings. The Morgan fingerprint density at radius 3 is 2.86 bits per heavy atom. The molecule has 1 N–H and O–H groups in total. The van der Waals surface area contributed by atoms with Gasteiger partial charge in [0, 0.05) is 13.0 Å². The van der Waals surface area contributed by atoms with Gasteiger partial charge in [-0.15, -0.1) is 0 Å². The summed E-state index contributed by atoms with van der Waals surface area (Å²) in [6.07, 6.45) is 0.0108. The van der Waals surface area contributed by atoms with Crippen LogP contribution in [0.1, 0.15) is 31.2 Å². The lowest BCUT2D eigenvalue weighted by Crippen LogP contribution is -2.49. The third-order valence-electron chi connectivity index (χ3n) is 3.88. The molecule has 5 nitrogen and oxygen atoms in total. The Balaban J connectivity index is 2.03. The topological polar surface area (TPSA) is 66.8 Å². The minimum Gasteiger partial charge on any atom is -0.481 e. The van der Waals surface area contributed by atoms with E-state index in [1.165, 1.54) is 6.07 Å². The van der Waals surface area contributed by atoms with Crippen LogP contribution in [-0.4, -0.2) is 47.7 Å². The van der Waals surface area contributed by atoms with Crippen LogP contribution < -0.4 is 0 Å². The maximum Gasteiger partial charge on any atom is 0.305 e. The van der Waals surface area contributed by atoms with Crippen LogP contribution in [0.5, 0.6) is 0 Å². The first-order chi connectivity index (χ1) is 10.5. The van der Waals surface area contributed by atoms with Crippen molar-refractivity contribution in [2.45, 2.75) is 31.7 Å². The molecule has 1 aromatic carbocycles. The number of rotatable bonds is 5. The minimum absolute atomic E-state index is 0.139. The summed E-state index contributed by atoms with van der Waals surface area (Å²) in [4.78, 5) is 24.9. The smallest absolute Gasteiger partial charge is 0.305 e. The number of carbonyl (C=O) groups excluding carboxylic acids is 1. The molecule has 2 unspecified atom stereocenters. The predicted molar refractivity (Wildman–Crippen MR) is 78.0 cm³/mol. The van der Waals surface area contributed by atoms with Crippen LogP contribution in [0.4, 0.5) is 4.39 Å². The van der Waals surface area contributed by atoms with Gasteiger partial charge in [0.2, 0.25) is 5.91 Å². The highest BCUT2D eigenvalue weighted by Gasteiger charge is 2.30. The van der Waals surface area contributed by atoms with Gasteiger partial charge in [0.1, 0.15) is 5.82 Å². The van der Waals surface area contributed by atoms with Gasteiger partial charge < -0.3 is 14.7 Å². The lowest BCUT2D eigenvalue weighted by atomic mass is 9.96. The van der Waals surface area contributed by atoms with E-state index in [1.54, 1.807) is 30.0 Å². The van der Waals surface area contributed by atoms with Crippen LogP contribution in [0.25, 0.3) is 0 Å². The van der Waals surface area contributed by atoms with Gasteiger partial charge in [0.25, 0.3) is 0 Å². The van der Waals surface area contributed by atoms with E-state index in [2.05, 4.69) is 0 Å². The third kappa shape index (κ3) is 4.04. The van der Waals surface area contributed by atoms with Crippen molar-refractivity contribution in [2.75, 3.05) is 19.8 Å². The van der Waals surface area contributed by atoms with Crippen LogP contribution in [0.15, 0.2) is 24.3 Å². The van der Waals surface area contributed by atoms with Crippen molar-refractivity contribution < 1.29 is 23.8 Å². The summed E-state index contributed by atoms with van der Waals surface area (Å²) in [7, 11) is 0. The van der Waals surface area contributed by atoms with Crippen molar-refractivity contribution >= 4 is 11.9 Å². The molecule has 1 aliphatic heterocycles. The standard InChI is InChI=1S/C16H20FNO4/c1-11(13-4-2-3-5-14(13)17)8-15(19)18-6-7-22-10-12(18)9-16(20)21/h2-5,11-12H,6-10H2,1H3,(H,20,21). The van der Waals surface area contributed by atoms with E-state index in [-0.39, 0.29) is 37.1 Å². The molecule has 22 heavy (non-hydrogen) atoms. The molecule has 1 amide bonds. The molecule has 1 aromatic rings. The van der Waals surface area contributed by atoms with Gasteiger partial charge in [-0.3, -0.25) is 9.59 Å². The second kappa shape index (κ2) is 7.35. The molecule has 0 spiro atoms. The Bertz CT molecular complexity index is 549. The van der Waals surface area contributed by atoms with Gasteiger partial charge in [0.15, 0.2) is 0 Å². The zero-order valence-corrected chi connectivity index (χ0v) is 12.5. The van der Waals surface area contributed by atoms with E-state index in [4.69, 9.17) is 9.84 Å². The molecule has 0 aliphatic carbocycles. The fourth-order valence-corrected chi connectivity index (χ4v) is 2.72. The molecule has 0 bridgehead atoms. The van der Waals surface area contributed by atoms with Gasteiger partial charge in [-0.25, -0.2) is 4.39 Å². The lowest BCUT2D eigenvalue weighted by Gasteiger charge is -2.35. The van der Waals surface area contributed by atoms with E-state index in [0.29, 0.717) is 18.7 Å². The maximum atomic E-state index is 13.8. The third-order valence-corrected chi connectivity index (χ3v) is 3.88. The normalized spacial score (nSPS) is 19.7. The van der Waals surface area contributed by atoms with Gasteiger partial charge in [-0.2, -0.15) is 0 Å². The zero-order chi connectivity index (χ0) is 16.1. The van der Waals surface area contributed by atoms with E-state index in [9.17, 15) is 14.0 Å². The number of morpholine rings is 1. The number of carboxylic acids is 1. The number of carboxylic acid groups (broad SMARTS) is 1. The van der Waals surface area contributed by atoms with Crippen molar-refractivity contribution in [3.05, 3.63) is 35.6 Å². The van der Waals surface area contributed by atoms with E-state index in [1.807, 2.05) is 0 Å². The number of carbonyl (C=O) groups is 2. The average molecular weight is 309 g/mol. The first-order valence-corrected chi connectivity index (χ1v) is 7.32. The quantitative estimate of drug-likeness (QED) is 0.903. The number of aliphatic carboxylic acids is 1. The van der Waals surface area contributed by atoms with E-state index >= 15 is 0 Å². The highest BCUT2D eigenvalue weighted by molar-refractivity contribution is 5.78. The number of ether oxygens (including phenoxy) is 1. The molecule has 6 heteroatoms. The van der Waals surface area contributed by atoms with E-state index < -0.39 is 12.0 Å². The largest absolute Gasteiger partial charge is 0.481 e. The summed E-state index contributed by atoms with van der Waals surface area (Å²) >= 11 is 0. The molecular formula is C16H20FNO4. The van der Waals surface area contributed by atoms with Crippen molar-refractivity contribution in [3.8, 4) is 0 Å². The van der Waals surface area contributed by atoms with Crippen LogP contribution in [0.2, 0.25) is 0 Å². The van der Waals surface area contributed by atoms with Crippen LogP contribution >= 0.6 is 0 Å². The summed E-state index contributed by atoms with van der Waals surface area (Å²) in [6.45, 7) is 2.80. The van der Waals surface area contributed by atoms with Gasteiger partial charge in [0.05, 0.1) is 25.7 Å². The highest BCUT2D eigenvalue weighted by atomic mass is 19.1. The number of hydrogen-bond acceptors (Lipinski definition) is 3. The molecule has 120 valence electrons. The highest BCUT2D eigenvalue weighted by Crippen LogP contribution is 2.24. The van der Waals surface area contributed by atoms with Crippen molar-refractivity contribution in [3.63, 3.8) is 0 Å². The molecule has 1 heterocycles. The maximum absolute atomic E-state index is 13.8. The number of nitrogens with zero attached hydrogens (tertiary/aromatic N) is 1. The Morgan fingerprint density at radius 2 is 2.18 bits per heavy atom. The molecular weight excluding hydrogens is 289 g/mol.